The third kappa shape index (κ3) is 5.97. The van der Waals surface area contributed by atoms with Crippen molar-refractivity contribution < 1.29 is 26.5 Å². The molecule has 210 valence electrons. The van der Waals surface area contributed by atoms with Gasteiger partial charge in [-0.25, -0.2) is 18.4 Å². The highest BCUT2D eigenvalue weighted by Gasteiger charge is 2.37. The number of unbranched alkanes of at least 4 members (excludes halogenated alkanes) is 1. The van der Waals surface area contributed by atoms with Gasteiger partial charge in [0, 0.05) is 24.1 Å². The molecule has 40 heavy (non-hydrogen) atoms. The molecule has 0 saturated heterocycles. The molecule has 1 aromatic heterocycles. The van der Waals surface area contributed by atoms with Crippen molar-refractivity contribution in [3.05, 3.63) is 104 Å². The summed E-state index contributed by atoms with van der Waals surface area (Å²) < 4.78 is 68.2. The Labute approximate surface area is 226 Å². The Morgan fingerprint density at radius 2 is 1.75 bits per heavy atom. The normalized spacial score (nSPS) is 12.0. The van der Waals surface area contributed by atoms with Gasteiger partial charge in [-0.3, -0.25) is 14.7 Å². The molecule has 0 unspecified atom stereocenters. The van der Waals surface area contributed by atoms with Crippen molar-refractivity contribution in [2.24, 2.45) is 5.14 Å². The highest BCUT2D eigenvalue weighted by molar-refractivity contribution is 7.89. The first kappa shape index (κ1) is 28.7. The summed E-state index contributed by atoms with van der Waals surface area (Å²) in [4.78, 5) is 23.4. The number of hydrogen-bond donors (Lipinski definition) is 1. The quantitative estimate of drug-likeness (QED) is 0.227. The van der Waals surface area contributed by atoms with Crippen LogP contribution in [-0.4, -0.2) is 27.7 Å². The molecule has 0 saturated carbocycles. The van der Waals surface area contributed by atoms with Gasteiger partial charge in [0.25, 0.3) is 5.69 Å². The number of nitrogens with two attached hydrogens (primary N) is 1. The number of aryl methyl sites for hydroxylation is 1. The molecular formula is C26H24F3N5O5S. The van der Waals surface area contributed by atoms with Crippen LogP contribution in [0.1, 0.15) is 36.7 Å². The lowest BCUT2D eigenvalue weighted by molar-refractivity contribution is -0.385. The van der Waals surface area contributed by atoms with E-state index in [1.807, 2.05) is 6.92 Å². The lowest BCUT2D eigenvalue weighted by Gasteiger charge is -2.12. The largest absolute Gasteiger partial charge is 0.418 e. The van der Waals surface area contributed by atoms with Gasteiger partial charge in [0.05, 0.1) is 27.6 Å². The van der Waals surface area contributed by atoms with E-state index in [2.05, 4.69) is 5.10 Å². The van der Waals surface area contributed by atoms with E-state index >= 15 is 0 Å². The van der Waals surface area contributed by atoms with Crippen LogP contribution >= 0.6 is 0 Å². The number of sulfonamides is 1. The van der Waals surface area contributed by atoms with Gasteiger partial charge in [-0.15, -0.1) is 5.10 Å². The number of hydrogen-bond acceptors (Lipinski definition) is 6. The molecule has 0 radical (unpaired) electrons. The summed E-state index contributed by atoms with van der Waals surface area (Å²) in [5.74, 6) is 0.169. The summed E-state index contributed by atoms with van der Waals surface area (Å²) in [6.07, 6.45) is -3.49. The molecule has 0 bridgehead atoms. The Kier molecular flexibility index (Phi) is 7.93. The van der Waals surface area contributed by atoms with Gasteiger partial charge in [0.1, 0.15) is 5.82 Å². The van der Waals surface area contributed by atoms with Crippen LogP contribution in [-0.2, 0) is 29.2 Å². The summed E-state index contributed by atoms with van der Waals surface area (Å²) in [7, 11) is -4.19. The van der Waals surface area contributed by atoms with E-state index in [1.54, 1.807) is 42.5 Å². The van der Waals surface area contributed by atoms with E-state index in [4.69, 9.17) is 5.14 Å². The Hall–Kier alpha value is -4.30. The van der Waals surface area contributed by atoms with Crippen LogP contribution in [0.3, 0.4) is 0 Å². The predicted molar refractivity (Wildman–Crippen MR) is 140 cm³/mol. The number of alkyl halides is 3. The molecule has 0 amide bonds. The second-order valence-corrected chi connectivity index (χ2v) is 10.5. The number of nitro groups is 1. The van der Waals surface area contributed by atoms with Crippen LogP contribution in [0.5, 0.6) is 0 Å². The molecule has 3 aromatic carbocycles. The molecule has 1 heterocycles. The fourth-order valence-electron chi connectivity index (χ4n) is 4.26. The van der Waals surface area contributed by atoms with Gasteiger partial charge in [-0.2, -0.15) is 17.9 Å². The summed E-state index contributed by atoms with van der Waals surface area (Å²) >= 11 is 0. The van der Waals surface area contributed by atoms with E-state index in [0.29, 0.717) is 40.3 Å². The van der Waals surface area contributed by atoms with Gasteiger partial charge in [0.2, 0.25) is 10.0 Å². The molecule has 0 aliphatic rings. The minimum absolute atomic E-state index is 0.169. The molecule has 0 aliphatic heterocycles. The minimum Gasteiger partial charge on any atom is -0.274 e. The van der Waals surface area contributed by atoms with Crippen molar-refractivity contribution in [3.8, 4) is 16.8 Å². The molecule has 0 spiro atoms. The maximum atomic E-state index is 13.9. The zero-order chi connectivity index (χ0) is 29.2. The van der Waals surface area contributed by atoms with Crippen molar-refractivity contribution in [1.82, 2.24) is 14.3 Å². The van der Waals surface area contributed by atoms with Crippen LogP contribution in [0.4, 0.5) is 18.9 Å². The number of primary sulfonamides is 1. The minimum atomic E-state index is -5.01. The van der Waals surface area contributed by atoms with E-state index in [-0.39, 0.29) is 23.7 Å². The molecule has 4 rings (SSSR count). The van der Waals surface area contributed by atoms with Crippen molar-refractivity contribution in [2.75, 3.05) is 0 Å². The standard InChI is InChI=1S/C26H24F3N5O5S/c1-2-3-9-24-31-33(22-13-11-19(34(36)37)15-21(22)26(27,28)29)25(35)32(24)16-17-10-12-20(18-7-5-4-6-8-18)23(14-17)40(30,38)39/h4-8,10-15H,2-3,9,16H2,1H3,(H2,30,38,39). The predicted octanol–water partition coefficient (Wildman–Crippen LogP) is 4.67. The second-order valence-electron chi connectivity index (χ2n) is 9.00. The topological polar surface area (TPSA) is 143 Å². The zero-order valence-electron chi connectivity index (χ0n) is 21.1. The molecule has 2 N–H and O–H groups in total. The maximum absolute atomic E-state index is 13.9. The Morgan fingerprint density at radius 3 is 2.35 bits per heavy atom. The van der Waals surface area contributed by atoms with Crippen LogP contribution in [0.15, 0.2) is 76.4 Å². The summed E-state index contributed by atoms with van der Waals surface area (Å²) in [5, 5.41) is 20.7. The van der Waals surface area contributed by atoms with Gasteiger partial charge < -0.3 is 0 Å². The Balaban J connectivity index is 1.86. The molecule has 0 atom stereocenters. The first-order chi connectivity index (χ1) is 18.8. The smallest absolute Gasteiger partial charge is 0.274 e. The molecule has 4 aromatic rings. The van der Waals surface area contributed by atoms with Crippen molar-refractivity contribution in [1.29, 1.82) is 0 Å². The van der Waals surface area contributed by atoms with Crippen molar-refractivity contribution >= 4 is 15.7 Å². The second kappa shape index (κ2) is 11.1. The number of nitrogens with zero attached hydrogens (tertiary/aromatic N) is 4. The summed E-state index contributed by atoms with van der Waals surface area (Å²) in [6, 6.07) is 15.2. The van der Waals surface area contributed by atoms with Crippen LogP contribution < -0.4 is 10.8 Å². The summed E-state index contributed by atoms with van der Waals surface area (Å²) in [5.41, 5.74) is -2.46. The maximum Gasteiger partial charge on any atom is 0.418 e. The SMILES string of the molecule is CCCCc1nn(-c2ccc([N+](=O)[O-])cc2C(F)(F)F)c(=O)n1Cc1ccc(-c2ccccc2)c(S(N)(=O)=O)c1. The molecule has 10 nitrogen and oxygen atoms in total. The van der Waals surface area contributed by atoms with E-state index < -0.39 is 43.8 Å². The number of halogens is 3. The lowest BCUT2D eigenvalue weighted by atomic mass is 10.0. The van der Waals surface area contributed by atoms with Crippen LogP contribution in [0, 0.1) is 10.1 Å². The van der Waals surface area contributed by atoms with Crippen LogP contribution in [0.25, 0.3) is 16.8 Å². The average Bonchev–Trinajstić information content (AvgIpc) is 3.21. The highest BCUT2D eigenvalue weighted by Crippen LogP contribution is 2.36. The average molecular weight is 576 g/mol. The van der Waals surface area contributed by atoms with Gasteiger partial charge >= 0.3 is 11.9 Å². The van der Waals surface area contributed by atoms with Crippen molar-refractivity contribution in [2.45, 2.75) is 43.8 Å². The number of non-ortho nitro benzene ring substituents is 1. The number of aromatic nitrogens is 3. The highest BCUT2D eigenvalue weighted by atomic mass is 32.2. The van der Waals surface area contributed by atoms with E-state index in [1.165, 1.54) is 6.07 Å². The van der Waals surface area contributed by atoms with Gasteiger partial charge in [0.15, 0.2) is 0 Å². The lowest BCUT2D eigenvalue weighted by Crippen LogP contribution is -2.27. The Bertz CT molecular complexity index is 1730. The van der Waals surface area contributed by atoms with E-state index in [0.717, 1.165) is 16.7 Å². The number of rotatable bonds is 9. The van der Waals surface area contributed by atoms with Gasteiger partial charge in [-0.1, -0.05) is 55.8 Å². The van der Waals surface area contributed by atoms with Crippen molar-refractivity contribution in [3.63, 3.8) is 0 Å². The monoisotopic (exact) mass is 575 g/mol. The first-order valence-corrected chi connectivity index (χ1v) is 13.6. The third-order valence-electron chi connectivity index (χ3n) is 6.20. The number of nitro benzene ring substituents is 1. The number of benzene rings is 3. The summed E-state index contributed by atoms with van der Waals surface area (Å²) in [6.45, 7) is 1.68. The zero-order valence-corrected chi connectivity index (χ0v) is 21.9. The van der Waals surface area contributed by atoms with E-state index in [9.17, 15) is 36.5 Å². The molecular weight excluding hydrogens is 551 g/mol. The van der Waals surface area contributed by atoms with Crippen LogP contribution in [0.2, 0.25) is 0 Å². The molecule has 0 aliphatic carbocycles. The van der Waals surface area contributed by atoms with Gasteiger partial charge in [-0.05, 0) is 29.7 Å². The molecule has 0 fully saturated rings. The fraction of sp³-hybridized carbons (Fsp3) is 0.231. The molecule has 14 heteroatoms. The first-order valence-electron chi connectivity index (χ1n) is 12.1. The third-order valence-corrected chi connectivity index (χ3v) is 7.15. The fourth-order valence-corrected chi connectivity index (χ4v) is 5.07. The Morgan fingerprint density at radius 1 is 1.05 bits per heavy atom.